The highest BCUT2D eigenvalue weighted by molar-refractivity contribution is 14.1. The van der Waals surface area contributed by atoms with Crippen LogP contribution in [0.25, 0.3) is 11.3 Å². The van der Waals surface area contributed by atoms with Gasteiger partial charge in [-0.2, -0.15) is 10.4 Å². The molecule has 0 aliphatic carbocycles. The Morgan fingerprint density at radius 3 is 2.55 bits per heavy atom. The smallest absolute Gasteiger partial charge is 0.390 e. The number of primary amides is 1. The monoisotopic (exact) mass is 627 g/mol. The normalized spacial score (nSPS) is 17.0. The molecule has 1 saturated heterocycles. The van der Waals surface area contributed by atoms with Crippen molar-refractivity contribution < 1.29 is 14.7 Å². The predicted octanol–water partition coefficient (Wildman–Crippen LogP) is 2.58. The van der Waals surface area contributed by atoms with Crippen molar-refractivity contribution in [1.82, 2.24) is 19.7 Å². The lowest BCUT2D eigenvalue weighted by Gasteiger charge is -2.37. The van der Waals surface area contributed by atoms with Crippen LogP contribution in [0.15, 0.2) is 48.5 Å². The van der Waals surface area contributed by atoms with Gasteiger partial charge < -0.3 is 20.6 Å². The van der Waals surface area contributed by atoms with Gasteiger partial charge in [0.2, 0.25) is 0 Å². The number of piperazine rings is 1. The number of rotatable bonds is 7. The Balaban J connectivity index is 1.27. The van der Waals surface area contributed by atoms with Crippen LogP contribution in [0.4, 0.5) is 10.5 Å². The van der Waals surface area contributed by atoms with Crippen LogP contribution in [0.1, 0.15) is 16.8 Å². The maximum Gasteiger partial charge on any atom is 0.423 e. The van der Waals surface area contributed by atoms with Gasteiger partial charge in [0.05, 0.1) is 36.1 Å². The third kappa shape index (κ3) is 5.94. The lowest BCUT2D eigenvalue weighted by molar-refractivity contribution is -0.107. The lowest BCUT2D eigenvalue weighted by atomic mass is 10.0. The summed E-state index contributed by atoms with van der Waals surface area (Å²) in [5.41, 5.74) is 10.7. The molecule has 1 atom stereocenters. The molecular weight excluding hydrogens is 597 g/mol. The van der Waals surface area contributed by atoms with Gasteiger partial charge in [-0.15, -0.1) is 5.06 Å². The highest BCUT2D eigenvalue weighted by Gasteiger charge is 2.29. The van der Waals surface area contributed by atoms with Crippen molar-refractivity contribution in [1.29, 1.82) is 5.26 Å². The zero-order chi connectivity index (χ0) is 26.6. The molecule has 0 spiro atoms. The van der Waals surface area contributed by atoms with Crippen molar-refractivity contribution in [2.75, 3.05) is 44.2 Å². The number of fused-ring (bicyclic) bond motifs is 1. The number of carbonyl (C=O) groups excluding carboxylic acids is 1. The number of β-amino-alcohol motifs (C(OH)–C–C–N with tert-alkyl or cyclic N) is 1. The fourth-order valence-corrected chi connectivity index (χ4v) is 5.59. The average Bonchev–Trinajstić information content (AvgIpc) is 3.26. The van der Waals surface area contributed by atoms with Crippen molar-refractivity contribution in [3.8, 4) is 17.3 Å². The molecule has 38 heavy (non-hydrogen) atoms. The summed E-state index contributed by atoms with van der Waals surface area (Å²) in [6.07, 6.45) is -0.798. The van der Waals surface area contributed by atoms with E-state index in [1.165, 1.54) is 0 Å². The number of nitrogens with two attached hydrogens (primary N) is 1. The number of aromatic nitrogens is 2. The molecule has 0 saturated carbocycles. The van der Waals surface area contributed by atoms with Crippen LogP contribution in [-0.2, 0) is 24.3 Å². The Bertz CT molecular complexity index is 1330. The molecule has 0 bridgehead atoms. The Morgan fingerprint density at radius 1 is 1.11 bits per heavy atom. The zero-order valence-corrected chi connectivity index (χ0v) is 23.1. The van der Waals surface area contributed by atoms with E-state index < -0.39 is 12.2 Å². The summed E-state index contributed by atoms with van der Waals surface area (Å²) < 4.78 is 3.04. The molecule has 1 unspecified atom stereocenters. The molecule has 0 radical (unpaired) electrons. The van der Waals surface area contributed by atoms with Crippen molar-refractivity contribution in [3.05, 3.63) is 68.9 Å². The van der Waals surface area contributed by atoms with Gasteiger partial charge in [0.1, 0.15) is 6.07 Å². The third-order valence-electron chi connectivity index (χ3n) is 7.03. The molecule has 10 nitrogen and oxygen atoms in total. The van der Waals surface area contributed by atoms with E-state index in [2.05, 4.69) is 38.5 Å². The quantitative estimate of drug-likeness (QED) is 0.384. The Morgan fingerprint density at radius 2 is 1.84 bits per heavy atom. The minimum Gasteiger partial charge on any atom is -0.390 e. The molecule has 1 aromatic heterocycles. The van der Waals surface area contributed by atoms with Gasteiger partial charge in [-0.3, -0.25) is 9.58 Å². The van der Waals surface area contributed by atoms with Crippen molar-refractivity contribution in [3.63, 3.8) is 0 Å². The number of nitrogens with zero attached hydrogens (tertiary/aromatic N) is 6. The Kier molecular flexibility index (Phi) is 8.13. The molecule has 2 aliphatic rings. The van der Waals surface area contributed by atoms with Gasteiger partial charge in [-0.1, -0.05) is 24.3 Å². The van der Waals surface area contributed by atoms with Crippen LogP contribution in [0.2, 0.25) is 0 Å². The molecule has 2 aliphatic heterocycles. The Hall–Kier alpha value is -3.18. The largest absolute Gasteiger partial charge is 0.423 e. The van der Waals surface area contributed by atoms with Crippen LogP contribution in [0.5, 0.6) is 0 Å². The minimum atomic E-state index is -0.830. The molecule has 5 rings (SSSR count). The standard InChI is InChI=1S/C27H30IN7O3/c28-21-7-5-19(6-8-21)26-23-18-34(38-27(30)37)10-9-25(23)35(31-26)17-22(36)16-32-11-13-33(14-12-32)24-4-2-1-3-20(24)15-29/h1-8,22,36H,9-14,16-18H2,(H2,30,37). The van der Waals surface area contributed by atoms with E-state index in [0.29, 0.717) is 38.2 Å². The first-order valence-corrected chi connectivity index (χ1v) is 13.7. The number of hydrogen-bond donors (Lipinski definition) is 2. The SMILES string of the molecule is N#Cc1ccccc1N1CCN(CC(O)Cn2nc(-c3ccc(I)cc3)c3c2CCN(OC(N)=O)C3)CC1. The molecular formula is C27H30IN7O3. The van der Waals surface area contributed by atoms with E-state index in [4.69, 9.17) is 15.7 Å². The summed E-state index contributed by atoms with van der Waals surface area (Å²) in [7, 11) is 0. The number of carbonyl (C=O) groups is 1. The van der Waals surface area contributed by atoms with Gasteiger partial charge in [-0.25, -0.2) is 4.79 Å². The van der Waals surface area contributed by atoms with Crippen LogP contribution in [0.3, 0.4) is 0 Å². The fourth-order valence-electron chi connectivity index (χ4n) is 5.23. The molecule has 3 heterocycles. The number of hydrogen-bond acceptors (Lipinski definition) is 8. The highest BCUT2D eigenvalue weighted by atomic mass is 127. The summed E-state index contributed by atoms with van der Waals surface area (Å²) in [5.74, 6) is 0. The number of amides is 1. The second-order valence-electron chi connectivity index (χ2n) is 9.56. The number of aliphatic hydroxyl groups excluding tert-OH is 1. The second-order valence-corrected chi connectivity index (χ2v) is 10.8. The number of halogens is 1. The summed E-state index contributed by atoms with van der Waals surface area (Å²) in [5, 5.41) is 26.9. The molecule has 1 fully saturated rings. The molecule has 1 amide bonds. The van der Waals surface area contributed by atoms with Crippen molar-refractivity contribution >= 4 is 34.4 Å². The van der Waals surface area contributed by atoms with Crippen LogP contribution >= 0.6 is 22.6 Å². The maximum absolute atomic E-state index is 11.3. The summed E-state index contributed by atoms with van der Waals surface area (Å²) >= 11 is 2.27. The van der Waals surface area contributed by atoms with Crippen LogP contribution < -0.4 is 10.6 Å². The lowest BCUT2D eigenvalue weighted by Crippen LogP contribution is -2.49. The highest BCUT2D eigenvalue weighted by Crippen LogP contribution is 2.31. The van der Waals surface area contributed by atoms with Gasteiger partial charge in [-0.05, 0) is 46.9 Å². The molecule has 3 N–H and O–H groups in total. The van der Waals surface area contributed by atoms with E-state index in [0.717, 1.165) is 58.0 Å². The van der Waals surface area contributed by atoms with E-state index >= 15 is 0 Å². The molecule has 11 heteroatoms. The van der Waals surface area contributed by atoms with Gasteiger partial charge >= 0.3 is 6.09 Å². The second kappa shape index (κ2) is 11.7. The number of benzene rings is 2. The number of nitriles is 1. The minimum absolute atomic E-state index is 0.376. The van der Waals surface area contributed by atoms with E-state index in [9.17, 15) is 15.2 Å². The van der Waals surface area contributed by atoms with Gasteiger partial charge in [0, 0.05) is 66.1 Å². The molecule has 2 aromatic carbocycles. The summed E-state index contributed by atoms with van der Waals surface area (Å²) in [4.78, 5) is 21.0. The van der Waals surface area contributed by atoms with E-state index in [1.807, 2.05) is 53.2 Å². The van der Waals surface area contributed by atoms with Crippen LogP contribution in [0, 0.1) is 14.9 Å². The average molecular weight is 627 g/mol. The fraction of sp³-hybridized carbons (Fsp3) is 0.370. The zero-order valence-electron chi connectivity index (χ0n) is 21.0. The number of anilines is 1. The first kappa shape index (κ1) is 26.4. The maximum atomic E-state index is 11.3. The Labute approximate surface area is 235 Å². The van der Waals surface area contributed by atoms with Crippen LogP contribution in [-0.4, -0.2) is 76.3 Å². The van der Waals surface area contributed by atoms with Crippen molar-refractivity contribution in [2.45, 2.75) is 25.6 Å². The van der Waals surface area contributed by atoms with Crippen molar-refractivity contribution in [2.24, 2.45) is 5.73 Å². The molecule has 3 aromatic rings. The van der Waals surface area contributed by atoms with Gasteiger partial charge in [0.15, 0.2) is 0 Å². The predicted molar refractivity (Wildman–Crippen MR) is 151 cm³/mol. The number of para-hydroxylation sites is 1. The molecule has 198 valence electrons. The summed E-state index contributed by atoms with van der Waals surface area (Å²) in [6.45, 7) is 5.03. The van der Waals surface area contributed by atoms with Gasteiger partial charge in [0.25, 0.3) is 0 Å². The number of aliphatic hydroxyl groups is 1. The third-order valence-corrected chi connectivity index (χ3v) is 7.74. The van der Waals surface area contributed by atoms with E-state index in [-0.39, 0.29) is 0 Å². The summed E-state index contributed by atoms with van der Waals surface area (Å²) in [6, 6.07) is 18.1. The first-order chi connectivity index (χ1) is 18.4. The van der Waals surface area contributed by atoms with E-state index in [1.54, 1.807) is 5.06 Å². The topological polar surface area (TPSA) is 124 Å². The number of hydroxylamine groups is 2. The first-order valence-electron chi connectivity index (χ1n) is 12.6.